The molecule has 0 amide bonds. The van der Waals surface area contributed by atoms with Crippen molar-refractivity contribution in [3.63, 3.8) is 0 Å². The van der Waals surface area contributed by atoms with Crippen molar-refractivity contribution < 1.29 is 14.6 Å². The summed E-state index contributed by atoms with van der Waals surface area (Å²) in [6, 6.07) is 6.83. The maximum Gasteiger partial charge on any atom is 0.325 e. The average molecular weight is 248 g/mol. The molecule has 2 rings (SSSR count). The standard InChI is InChI=1S/C12H12N2O4/c1-2-18-11-8-5-3-4-6-9(8)12(17)14(13-11)7-10(15)16/h3-6H,2,7H2,1H3,(H,15,16). The summed E-state index contributed by atoms with van der Waals surface area (Å²) in [6.45, 7) is 1.70. The van der Waals surface area contributed by atoms with Crippen LogP contribution in [0, 0.1) is 0 Å². The van der Waals surface area contributed by atoms with Gasteiger partial charge in [0.15, 0.2) is 0 Å². The molecule has 0 aliphatic carbocycles. The summed E-state index contributed by atoms with van der Waals surface area (Å²) in [6.07, 6.45) is 0. The minimum absolute atomic E-state index is 0.272. The first-order valence-corrected chi connectivity index (χ1v) is 5.48. The fraction of sp³-hybridized carbons (Fsp3) is 0.250. The quantitative estimate of drug-likeness (QED) is 0.868. The highest BCUT2D eigenvalue weighted by molar-refractivity contribution is 5.85. The van der Waals surface area contributed by atoms with Crippen LogP contribution in [0.15, 0.2) is 29.1 Å². The molecular weight excluding hydrogens is 236 g/mol. The van der Waals surface area contributed by atoms with Crippen molar-refractivity contribution in [2.75, 3.05) is 6.61 Å². The molecule has 1 N–H and O–H groups in total. The normalized spacial score (nSPS) is 10.5. The first-order valence-electron chi connectivity index (χ1n) is 5.48. The predicted octanol–water partition coefficient (Wildman–Crippen LogP) is 0.880. The van der Waals surface area contributed by atoms with E-state index in [4.69, 9.17) is 9.84 Å². The molecule has 0 saturated carbocycles. The van der Waals surface area contributed by atoms with Crippen molar-refractivity contribution in [3.8, 4) is 5.88 Å². The van der Waals surface area contributed by atoms with Gasteiger partial charge in [-0.1, -0.05) is 12.1 Å². The molecule has 6 nitrogen and oxygen atoms in total. The third-order valence-electron chi connectivity index (χ3n) is 2.40. The molecular formula is C12H12N2O4. The van der Waals surface area contributed by atoms with Gasteiger partial charge in [-0.15, -0.1) is 5.10 Å². The summed E-state index contributed by atoms with van der Waals surface area (Å²) in [4.78, 5) is 22.7. The minimum atomic E-state index is -1.12. The summed E-state index contributed by atoms with van der Waals surface area (Å²) >= 11 is 0. The Hall–Kier alpha value is -2.37. The van der Waals surface area contributed by atoms with Crippen LogP contribution in [0.5, 0.6) is 5.88 Å². The van der Waals surface area contributed by atoms with Gasteiger partial charge in [-0.3, -0.25) is 9.59 Å². The molecule has 1 heterocycles. The molecule has 1 aromatic carbocycles. The van der Waals surface area contributed by atoms with Crippen LogP contribution < -0.4 is 10.3 Å². The maximum atomic E-state index is 12.0. The highest BCUT2D eigenvalue weighted by atomic mass is 16.5. The van der Waals surface area contributed by atoms with E-state index in [1.165, 1.54) is 0 Å². The Labute approximate surface area is 102 Å². The Morgan fingerprint density at radius 2 is 2.06 bits per heavy atom. The Balaban J connectivity index is 2.70. The first-order chi connectivity index (χ1) is 8.63. The van der Waals surface area contributed by atoms with Crippen molar-refractivity contribution in [2.24, 2.45) is 0 Å². The van der Waals surface area contributed by atoms with Crippen LogP contribution in [-0.4, -0.2) is 27.5 Å². The fourth-order valence-corrected chi connectivity index (χ4v) is 1.68. The SMILES string of the molecule is CCOc1nn(CC(=O)O)c(=O)c2ccccc12. The Kier molecular flexibility index (Phi) is 3.27. The van der Waals surface area contributed by atoms with Crippen LogP contribution in [0.2, 0.25) is 0 Å². The average Bonchev–Trinajstić information content (AvgIpc) is 2.35. The number of fused-ring (bicyclic) bond motifs is 1. The monoisotopic (exact) mass is 248 g/mol. The third kappa shape index (κ3) is 2.17. The van der Waals surface area contributed by atoms with E-state index in [-0.39, 0.29) is 5.88 Å². The molecule has 94 valence electrons. The summed E-state index contributed by atoms with van der Waals surface area (Å²) in [5, 5.41) is 13.7. The van der Waals surface area contributed by atoms with E-state index in [0.29, 0.717) is 17.4 Å². The van der Waals surface area contributed by atoms with Crippen LogP contribution in [0.25, 0.3) is 10.8 Å². The number of benzene rings is 1. The van der Waals surface area contributed by atoms with Crippen molar-refractivity contribution in [1.29, 1.82) is 0 Å². The number of aliphatic carboxylic acids is 1. The third-order valence-corrected chi connectivity index (χ3v) is 2.40. The summed E-state index contributed by atoms with van der Waals surface area (Å²) in [5.41, 5.74) is -0.434. The van der Waals surface area contributed by atoms with Gasteiger partial charge in [0, 0.05) is 0 Å². The molecule has 0 unspecified atom stereocenters. The van der Waals surface area contributed by atoms with Crippen LogP contribution >= 0.6 is 0 Å². The van der Waals surface area contributed by atoms with Crippen LogP contribution in [0.4, 0.5) is 0 Å². The maximum absolute atomic E-state index is 12.0. The number of aromatic nitrogens is 2. The second-order valence-electron chi connectivity index (χ2n) is 3.64. The molecule has 6 heteroatoms. The van der Waals surface area contributed by atoms with Gasteiger partial charge < -0.3 is 9.84 Å². The van der Waals surface area contributed by atoms with Gasteiger partial charge in [-0.2, -0.15) is 0 Å². The highest BCUT2D eigenvalue weighted by Gasteiger charge is 2.12. The van der Waals surface area contributed by atoms with E-state index in [9.17, 15) is 9.59 Å². The van der Waals surface area contributed by atoms with Crippen LogP contribution in [0.3, 0.4) is 0 Å². The Morgan fingerprint density at radius 1 is 1.39 bits per heavy atom. The minimum Gasteiger partial charge on any atom is -0.480 e. The number of hydrogen-bond acceptors (Lipinski definition) is 4. The summed E-state index contributed by atoms with van der Waals surface area (Å²) in [7, 11) is 0. The van der Waals surface area contributed by atoms with Gasteiger partial charge in [-0.05, 0) is 19.1 Å². The van der Waals surface area contributed by atoms with Gasteiger partial charge in [0.2, 0.25) is 5.88 Å². The lowest BCUT2D eigenvalue weighted by atomic mass is 10.2. The Bertz CT molecular complexity index is 648. The van der Waals surface area contributed by atoms with Crippen molar-refractivity contribution >= 4 is 16.7 Å². The number of nitrogens with zero attached hydrogens (tertiary/aromatic N) is 2. The van der Waals surface area contributed by atoms with E-state index in [0.717, 1.165) is 4.68 Å². The van der Waals surface area contributed by atoms with E-state index >= 15 is 0 Å². The zero-order chi connectivity index (χ0) is 13.1. The highest BCUT2D eigenvalue weighted by Crippen LogP contribution is 2.19. The molecule has 0 saturated heterocycles. The largest absolute Gasteiger partial charge is 0.480 e. The lowest BCUT2D eigenvalue weighted by Crippen LogP contribution is -2.27. The summed E-state index contributed by atoms with van der Waals surface area (Å²) in [5.74, 6) is -0.851. The molecule has 0 radical (unpaired) electrons. The van der Waals surface area contributed by atoms with Crippen molar-refractivity contribution in [3.05, 3.63) is 34.6 Å². The number of hydrogen-bond donors (Lipinski definition) is 1. The van der Waals surface area contributed by atoms with E-state index in [2.05, 4.69) is 5.10 Å². The molecule has 0 bridgehead atoms. The number of rotatable bonds is 4. The topological polar surface area (TPSA) is 81.4 Å². The Morgan fingerprint density at radius 3 is 2.67 bits per heavy atom. The van der Waals surface area contributed by atoms with Gasteiger partial charge in [0.25, 0.3) is 5.56 Å². The molecule has 2 aromatic rings. The number of ether oxygens (including phenoxy) is 1. The molecule has 18 heavy (non-hydrogen) atoms. The number of carboxylic acid groups (broad SMARTS) is 1. The predicted molar refractivity (Wildman–Crippen MR) is 64.8 cm³/mol. The van der Waals surface area contributed by atoms with Crippen molar-refractivity contribution in [1.82, 2.24) is 9.78 Å². The van der Waals surface area contributed by atoms with Crippen molar-refractivity contribution in [2.45, 2.75) is 13.5 Å². The van der Waals surface area contributed by atoms with Crippen LogP contribution in [0.1, 0.15) is 6.92 Å². The molecule has 0 aliphatic rings. The molecule has 1 aromatic heterocycles. The second-order valence-corrected chi connectivity index (χ2v) is 3.64. The number of carboxylic acids is 1. The van der Waals surface area contributed by atoms with Gasteiger partial charge in [0.05, 0.1) is 17.4 Å². The summed E-state index contributed by atoms with van der Waals surface area (Å²) < 4.78 is 6.23. The van der Waals surface area contributed by atoms with Crippen LogP contribution in [-0.2, 0) is 11.3 Å². The molecule has 0 spiro atoms. The molecule has 0 fully saturated rings. The van der Waals surface area contributed by atoms with Gasteiger partial charge >= 0.3 is 5.97 Å². The molecule has 0 atom stereocenters. The first kappa shape index (κ1) is 12.1. The zero-order valence-corrected chi connectivity index (χ0v) is 9.79. The lowest BCUT2D eigenvalue weighted by molar-refractivity contribution is -0.138. The van der Waals surface area contributed by atoms with Gasteiger partial charge in [-0.25, -0.2) is 4.68 Å². The lowest BCUT2D eigenvalue weighted by Gasteiger charge is -2.09. The van der Waals surface area contributed by atoms with E-state index in [1.54, 1.807) is 31.2 Å². The van der Waals surface area contributed by atoms with E-state index in [1.807, 2.05) is 0 Å². The number of carbonyl (C=O) groups is 1. The second kappa shape index (κ2) is 4.87. The zero-order valence-electron chi connectivity index (χ0n) is 9.79. The smallest absolute Gasteiger partial charge is 0.325 e. The van der Waals surface area contributed by atoms with E-state index < -0.39 is 18.1 Å². The van der Waals surface area contributed by atoms with Gasteiger partial charge in [0.1, 0.15) is 6.54 Å². The molecule has 0 aliphatic heterocycles. The fourth-order valence-electron chi connectivity index (χ4n) is 1.68.